The summed E-state index contributed by atoms with van der Waals surface area (Å²) in [4.78, 5) is 34.1. The Morgan fingerprint density at radius 3 is 2.47 bits per heavy atom. The van der Waals surface area contributed by atoms with Gasteiger partial charge < -0.3 is 14.8 Å². The van der Waals surface area contributed by atoms with Gasteiger partial charge in [0.15, 0.2) is 0 Å². The summed E-state index contributed by atoms with van der Waals surface area (Å²) in [6, 6.07) is 20.1. The molecule has 1 N–H and O–H groups in total. The molecular weight excluding hydrogens is 442 g/mol. The van der Waals surface area contributed by atoms with Crippen LogP contribution >= 0.6 is 11.3 Å². The molecule has 34 heavy (non-hydrogen) atoms. The Bertz CT molecular complexity index is 1240. The van der Waals surface area contributed by atoms with Gasteiger partial charge >= 0.3 is 0 Å². The maximum absolute atomic E-state index is 13.6. The van der Waals surface area contributed by atoms with E-state index in [4.69, 9.17) is 0 Å². The van der Waals surface area contributed by atoms with Crippen LogP contribution in [0.25, 0.3) is 10.9 Å². The first-order chi connectivity index (χ1) is 16.4. The summed E-state index contributed by atoms with van der Waals surface area (Å²) in [5.74, 6) is -0.135. The zero-order valence-electron chi connectivity index (χ0n) is 20.0. The van der Waals surface area contributed by atoms with Crippen LogP contribution in [0.15, 0.2) is 72.2 Å². The Morgan fingerprint density at radius 1 is 1.00 bits per heavy atom. The van der Waals surface area contributed by atoms with Crippen molar-refractivity contribution in [1.82, 2.24) is 14.8 Å². The summed E-state index contributed by atoms with van der Waals surface area (Å²) in [5, 5.41) is 3.07. The lowest BCUT2D eigenvalue weighted by Crippen LogP contribution is -2.46. The van der Waals surface area contributed by atoms with Crippen LogP contribution in [-0.2, 0) is 17.8 Å². The number of aromatic amines is 1. The quantitative estimate of drug-likeness (QED) is 0.341. The number of amides is 2. The van der Waals surface area contributed by atoms with Gasteiger partial charge in [0, 0.05) is 36.2 Å². The predicted molar refractivity (Wildman–Crippen MR) is 139 cm³/mol. The summed E-state index contributed by atoms with van der Waals surface area (Å²) in [6.07, 6.45) is 2.77. The van der Waals surface area contributed by atoms with Gasteiger partial charge in [0.05, 0.1) is 4.88 Å². The van der Waals surface area contributed by atoms with Gasteiger partial charge in [0.2, 0.25) is 5.91 Å². The van der Waals surface area contributed by atoms with E-state index in [2.05, 4.69) is 48.3 Å². The van der Waals surface area contributed by atoms with Crippen LogP contribution in [0.1, 0.15) is 40.2 Å². The molecular formula is C28H31N3O2S. The topological polar surface area (TPSA) is 56.4 Å². The smallest absolute Gasteiger partial charge is 0.264 e. The van der Waals surface area contributed by atoms with Crippen molar-refractivity contribution >= 4 is 34.1 Å². The summed E-state index contributed by atoms with van der Waals surface area (Å²) in [7, 11) is 0. The average Bonchev–Trinajstić information content (AvgIpc) is 3.51. The molecule has 0 radical (unpaired) electrons. The van der Waals surface area contributed by atoms with E-state index in [0.29, 0.717) is 18.0 Å². The second kappa shape index (κ2) is 10.7. The third-order valence-electron chi connectivity index (χ3n) is 6.09. The van der Waals surface area contributed by atoms with Crippen LogP contribution in [-0.4, -0.2) is 45.7 Å². The number of rotatable bonds is 9. The Balaban J connectivity index is 1.53. The van der Waals surface area contributed by atoms with E-state index < -0.39 is 0 Å². The first-order valence-corrected chi connectivity index (χ1v) is 12.5. The van der Waals surface area contributed by atoms with E-state index in [1.165, 1.54) is 27.8 Å². The molecule has 0 saturated carbocycles. The van der Waals surface area contributed by atoms with Crippen LogP contribution in [0, 0.1) is 6.92 Å². The minimum absolute atomic E-state index is 0.0426. The molecule has 0 saturated heterocycles. The summed E-state index contributed by atoms with van der Waals surface area (Å²) >= 11 is 1.41. The van der Waals surface area contributed by atoms with E-state index in [1.54, 1.807) is 4.90 Å². The third-order valence-corrected chi connectivity index (χ3v) is 6.95. The number of H-pyrrole nitrogens is 1. The van der Waals surface area contributed by atoms with Crippen molar-refractivity contribution in [2.24, 2.45) is 0 Å². The number of carbonyl (C=O) groups excluding carboxylic acids is 2. The van der Waals surface area contributed by atoms with Crippen LogP contribution < -0.4 is 0 Å². The van der Waals surface area contributed by atoms with Gasteiger partial charge in [-0.2, -0.15) is 0 Å². The van der Waals surface area contributed by atoms with Crippen molar-refractivity contribution in [2.75, 3.05) is 13.1 Å². The highest BCUT2D eigenvalue weighted by Gasteiger charge is 2.25. The fourth-order valence-corrected chi connectivity index (χ4v) is 4.76. The molecule has 0 aliphatic heterocycles. The Morgan fingerprint density at radius 2 is 1.76 bits per heavy atom. The molecule has 0 bridgehead atoms. The lowest BCUT2D eigenvalue weighted by atomic mass is 10.1. The first-order valence-electron chi connectivity index (χ1n) is 11.6. The second-order valence-corrected chi connectivity index (χ2v) is 9.86. The number of carbonyl (C=O) groups is 2. The highest BCUT2D eigenvalue weighted by molar-refractivity contribution is 7.12. The first kappa shape index (κ1) is 23.8. The molecule has 2 aromatic heterocycles. The number of benzene rings is 2. The highest BCUT2D eigenvalue weighted by atomic mass is 32.1. The number of aromatic nitrogens is 1. The van der Waals surface area contributed by atoms with Gasteiger partial charge in [-0.1, -0.05) is 54.1 Å². The van der Waals surface area contributed by atoms with E-state index >= 15 is 0 Å². The molecule has 0 aliphatic rings. The number of para-hydroxylation sites is 1. The largest absolute Gasteiger partial charge is 0.361 e. The highest BCUT2D eigenvalue weighted by Crippen LogP contribution is 2.20. The van der Waals surface area contributed by atoms with Crippen molar-refractivity contribution in [1.29, 1.82) is 0 Å². The molecule has 2 amide bonds. The lowest BCUT2D eigenvalue weighted by molar-refractivity contribution is -0.132. The average molecular weight is 474 g/mol. The Kier molecular flexibility index (Phi) is 7.48. The SMILES string of the molecule is Cc1ccc(CN(CCc2c[nH]c3ccccc23)C(=O)CN(C(=O)c2cccs2)C(C)C)cc1. The molecule has 0 atom stereocenters. The molecule has 6 heteroatoms. The molecule has 0 aliphatic carbocycles. The van der Waals surface area contributed by atoms with Gasteiger partial charge in [0.25, 0.3) is 5.91 Å². The molecule has 2 aromatic carbocycles. The number of aryl methyl sites for hydroxylation is 1. The van der Waals surface area contributed by atoms with Gasteiger partial charge in [-0.05, 0) is 55.8 Å². The predicted octanol–water partition coefficient (Wildman–Crippen LogP) is 5.66. The minimum atomic E-state index is -0.0923. The molecule has 2 heterocycles. The number of hydrogen-bond donors (Lipinski definition) is 1. The zero-order chi connectivity index (χ0) is 24.1. The number of nitrogens with one attached hydrogen (secondary N) is 1. The fraction of sp³-hybridized carbons (Fsp3) is 0.286. The summed E-state index contributed by atoms with van der Waals surface area (Å²) < 4.78 is 0. The molecule has 4 aromatic rings. The van der Waals surface area contributed by atoms with Crippen LogP contribution in [0.3, 0.4) is 0 Å². The fourth-order valence-electron chi connectivity index (χ4n) is 4.08. The second-order valence-electron chi connectivity index (χ2n) is 8.91. The Hall–Kier alpha value is -3.38. The van der Waals surface area contributed by atoms with Crippen molar-refractivity contribution < 1.29 is 9.59 Å². The van der Waals surface area contributed by atoms with Gasteiger partial charge in [0.1, 0.15) is 6.54 Å². The van der Waals surface area contributed by atoms with Crippen LogP contribution in [0.5, 0.6) is 0 Å². The zero-order valence-corrected chi connectivity index (χ0v) is 20.8. The van der Waals surface area contributed by atoms with Crippen LogP contribution in [0.2, 0.25) is 0 Å². The molecule has 4 rings (SSSR count). The maximum atomic E-state index is 13.6. The molecule has 0 fully saturated rings. The number of thiophene rings is 1. The number of hydrogen-bond acceptors (Lipinski definition) is 3. The van der Waals surface area contributed by atoms with Gasteiger partial charge in [-0.3, -0.25) is 9.59 Å². The normalized spacial score (nSPS) is 11.2. The van der Waals surface area contributed by atoms with Crippen molar-refractivity contribution in [3.05, 3.63) is 93.8 Å². The molecule has 176 valence electrons. The lowest BCUT2D eigenvalue weighted by Gasteiger charge is -2.30. The van der Waals surface area contributed by atoms with E-state index in [-0.39, 0.29) is 24.4 Å². The van der Waals surface area contributed by atoms with Gasteiger partial charge in [-0.15, -0.1) is 11.3 Å². The minimum Gasteiger partial charge on any atom is -0.361 e. The van der Waals surface area contributed by atoms with Crippen molar-refractivity contribution in [2.45, 2.75) is 39.8 Å². The van der Waals surface area contributed by atoms with E-state index in [1.807, 2.05) is 54.6 Å². The van der Waals surface area contributed by atoms with Crippen LogP contribution in [0.4, 0.5) is 0 Å². The van der Waals surface area contributed by atoms with E-state index in [9.17, 15) is 9.59 Å². The van der Waals surface area contributed by atoms with Crippen molar-refractivity contribution in [3.63, 3.8) is 0 Å². The van der Waals surface area contributed by atoms with E-state index in [0.717, 1.165) is 17.5 Å². The molecule has 5 nitrogen and oxygen atoms in total. The number of nitrogens with zero attached hydrogens (tertiary/aromatic N) is 2. The summed E-state index contributed by atoms with van der Waals surface area (Å²) in [6.45, 7) is 7.12. The monoisotopic (exact) mass is 473 g/mol. The van der Waals surface area contributed by atoms with Crippen molar-refractivity contribution in [3.8, 4) is 0 Å². The summed E-state index contributed by atoms with van der Waals surface area (Å²) in [5.41, 5.74) is 4.56. The third kappa shape index (κ3) is 5.57. The number of fused-ring (bicyclic) bond motifs is 1. The maximum Gasteiger partial charge on any atom is 0.264 e. The molecule has 0 spiro atoms. The standard InChI is InChI=1S/C28H31N3O2S/c1-20(2)31(28(33)26-9-6-16-34-26)19-27(32)30(18-22-12-10-21(3)11-13-22)15-14-23-17-29-25-8-5-4-7-24(23)25/h4-13,16-17,20,29H,14-15,18-19H2,1-3H3. The van der Waals surface area contributed by atoms with Gasteiger partial charge in [-0.25, -0.2) is 0 Å². The Labute approximate surface area is 205 Å². The molecule has 0 unspecified atom stereocenters.